The van der Waals surface area contributed by atoms with Gasteiger partial charge in [0.15, 0.2) is 0 Å². The van der Waals surface area contributed by atoms with Crippen LogP contribution in [-0.2, 0) is 0 Å². The van der Waals surface area contributed by atoms with Gasteiger partial charge < -0.3 is 10.6 Å². The fraction of sp³-hybridized carbons (Fsp3) is 0.632. The number of urea groups is 1. The molecule has 132 valence electrons. The molecule has 0 unspecified atom stereocenters. The molecule has 0 spiro atoms. The van der Waals surface area contributed by atoms with Crippen molar-refractivity contribution < 1.29 is 9.18 Å². The van der Waals surface area contributed by atoms with Crippen LogP contribution < -0.4 is 10.6 Å². The fourth-order valence-corrected chi connectivity index (χ4v) is 4.01. The van der Waals surface area contributed by atoms with Crippen LogP contribution in [0.3, 0.4) is 0 Å². The lowest BCUT2D eigenvalue weighted by molar-refractivity contribution is 0.185. The van der Waals surface area contributed by atoms with Crippen LogP contribution in [-0.4, -0.2) is 36.6 Å². The summed E-state index contributed by atoms with van der Waals surface area (Å²) in [6.45, 7) is 2.94. The molecule has 0 bridgehead atoms. The zero-order valence-electron chi connectivity index (χ0n) is 14.3. The van der Waals surface area contributed by atoms with E-state index in [0.29, 0.717) is 12.6 Å². The number of benzene rings is 1. The average molecular weight is 333 g/mol. The van der Waals surface area contributed by atoms with Crippen molar-refractivity contribution in [2.24, 2.45) is 5.92 Å². The number of para-hydroxylation sites is 1. The molecular formula is C19H28FN3O. The predicted octanol–water partition coefficient (Wildman–Crippen LogP) is 3.99. The van der Waals surface area contributed by atoms with Gasteiger partial charge in [0.1, 0.15) is 5.82 Å². The Hall–Kier alpha value is -1.62. The molecule has 2 aliphatic rings. The predicted molar refractivity (Wildman–Crippen MR) is 94.6 cm³/mol. The first-order valence-electron chi connectivity index (χ1n) is 9.26. The lowest BCUT2D eigenvalue weighted by atomic mass is 9.89. The van der Waals surface area contributed by atoms with Crippen molar-refractivity contribution in [2.45, 2.75) is 51.0 Å². The van der Waals surface area contributed by atoms with E-state index < -0.39 is 5.82 Å². The van der Waals surface area contributed by atoms with Gasteiger partial charge >= 0.3 is 6.03 Å². The molecule has 1 atom stereocenters. The van der Waals surface area contributed by atoms with E-state index in [0.717, 1.165) is 18.9 Å². The number of carbonyl (C=O) groups excluding carboxylic acids is 1. The van der Waals surface area contributed by atoms with Crippen molar-refractivity contribution in [3.05, 3.63) is 30.1 Å². The second-order valence-corrected chi connectivity index (χ2v) is 7.11. The lowest BCUT2D eigenvalue weighted by Crippen LogP contribution is -2.43. The van der Waals surface area contributed by atoms with Gasteiger partial charge in [-0.05, 0) is 50.3 Å². The van der Waals surface area contributed by atoms with Crippen molar-refractivity contribution >= 4 is 11.7 Å². The Morgan fingerprint density at radius 2 is 1.92 bits per heavy atom. The Bertz CT molecular complexity index is 545. The van der Waals surface area contributed by atoms with Crippen LogP contribution in [0.1, 0.15) is 44.9 Å². The van der Waals surface area contributed by atoms with Gasteiger partial charge in [-0.2, -0.15) is 0 Å². The third-order valence-electron chi connectivity index (χ3n) is 5.34. The molecule has 2 amide bonds. The van der Waals surface area contributed by atoms with E-state index in [1.54, 1.807) is 18.2 Å². The second-order valence-electron chi connectivity index (χ2n) is 7.11. The van der Waals surface area contributed by atoms with Gasteiger partial charge in [0.25, 0.3) is 0 Å². The van der Waals surface area contributed by atoms with E-state index in [-0.39, 0.29) is 11.7 Å². The Kier molecular flexibility index (Phi) is 6.07. The number of likely N-dealkylation sites (tertiary alicyclic amines) is 1. The molecule has 1 aliphatic heterocycles. The van der Waals surface area contributed by atoms with Crippen molar-refractivity contribution in [3.63, 3.8) is 0 Å². The van der Waals surface area contributed by atoms with Crippen LogP contribution >= 0.6 is 0 Å². The maximum atomic E-state index is 13.6. The number of amides is 2. The van der Waals surface area contributed by atoms with E-state index in [9.17, 15) is 9.18 Å². The molecule has 1 saturated carbocycles. The quantitative estimate of drug-likeness (QED) is 0.856. The number of halogens is 1. The van der Waals surface area contributed by atoms with Gasteiger partial charge in [0.2, 0.25) is 0 Å². The van der Waals surface area contributed by atoms with Crippen molar-refractivity contribution in [3.8, 4) is 0 Å². The molecule has 2 fully saturated rings. The smallest absolute Gasteiger partial charge is 0.319 e. The van der Waals surface area contributed by atoms with Gasteiger partial charge in [-0.15, -0.1) is 0 Å². The van der Waals surface area contributed by atoms with E-state index in [2.05, 4.69) is 15.5 Å². The minimum Gasteiger partial charge on any atom is -0.336 e. The molecule has 0 aromatic heterocycles. The number of carbonyl (C=O) groups is 1. The standard InChI is InChI=1S/C19H28FN3O/c20-17-10-4-5-11-18(17)22-19(24)21-13-16-9-6-12-23(16)14-15-7-2-1-3-8-15/h4-5,10-11,15-16H,1-3,6-9,12-14H2,(H2,21,22,24)/t16-/m0/s1. The zero-order valence-corrected chi connectivity index (χ0v) is 14.3. The molecule has 3 rings (SSSR count). The maximum absolute atomic E-state index is 13.6. The summed E-state index contributed by atoms with van der Waals surface area (Å²) >= 11 is 0. The van der Waals surface area contributed by atoms with Crippen LogP contribution in [0.5, 0.6) is 0 Å². The number of nitrogens with one attached hydrogen (secondary N) is 2. The van der Waals surface area contributed by atoms with Crippen LogP contribution in [0.15, 0.2) is 24.3 Å². The van der Waals surface area contributed by atoms with E-state index in [4.69, 9.17) is 0 Å². The molecule has 4 nitrogen and oxygen atoms in total. The summed E-state index contributed by atoms with van der Waals surface area (Å²) in [6.07, 6.45) is 9.16. The van der Waals surface area contributed by atoms with Gasteiger partial charge in [-0.25, -0.2) is 9.18 Å². The lowest BCUT2D eigenvalue weighted by Gasteiger charge is -2.31. The number of hydrogen-bond acceptors (Lipinski definition) is 2. The first kappa shape index (κ1) is 17.2. The normalized spacial score (nSPS) is 22.5. The van der Waals surface area contributed by atoms with E-state index in [1.807, 2.05) is 0 Å². The Labute approximate surface area is 143 Å². The van der Waals surface area contributed by atoms with Crippen molar-refractivity contribution in [1.82, 2.24) is 10.2 Å². The van der Waals surface area contributed by atoms with Crippen LogP contribution in [0.4, 0.5) is 14.9 Å². The highest BCUT2D eigenvalue weighted by Crippen LogP contribution is 2.27. The van der Waals surface area contributed by atoms with Crippen molar-refractivity contribution in [2.75, 3.05) is 25.0 Å². The summed E-state index contributed by atoms with van der Waals surface area (Å²) in [5.74, 6) is 0.416. The number of rotatable bonds is 5. The summed E-state index contributed by atoms with van der Waals surface area (Å²) in [5.41, 5.74) is 0.223. The molecule has 1 heterocycles. The molecule has 1 saturated heterocycles. The SMILES string of the molecule is O=C(NC[C@@H]1CCCN1CC1CCCCC1)Nc1ccccc1F. The number of hydrogen-bond donors (Lipinski definition) is 2. The molecule has 1 aromatic rings. The molecule has 24 heavy (non-hydrogen) atoms. The van der Waals surface area contributed by atoms with Crippen LogP contribution in [0.2, 0.25) is 0 Å². The van der Waals surface area contributed by atoms with Crippen LogP contribution in [0, 0.1) is 11.7 Å². The van der Waals surface area contributed by atoms with Gasteiger partial charge in [-0.1, -0.05) is 31.4 Å². The van der Waals surface area contributed by atoms with E-state index in [1.165, 1.54) is 51.1 Å². The van der Waals surface area contributed by atoms with Crippen LogP contribution in [0.25, 0.3) is 0 Å². The molecular weight excluding hydrogens is 305 g/mol. The molecule has 0 radical (unpaired) electrons. The fourth-order valence-electron chi connectivity index (χ4n) is 4.01. The van der Waals surface area contributed by atoms with E-state index >= 15 is 0 Å². The van der Waals surface area contributed by atoms with Crippen molar-refractivity contribution in [1.29, 1.82) is 0 Å². The highest BCUT2D eigenvalue weighted by Gasteiger charge is 2.27. The van der Waals surface area contributed by atoms with Gasteiger partial charge in [-0.3, -0.25) is 4.90 Å². The minimum absolute atomic E-state index is 0.223. The van der Waals surface area contributed by atoms with Gasteiger partial charge in [0, 0.05) is 19.1 Å². The summed E-state index contributed by atoms with van der Waals surface area (Å²) in [7, 11) is 0. The highest BCUT2D eigenvalue weighted by molar-refractivity contribution is 5.89. The first-order chi connectivity index (χ1) is 11.7. The summed E-state index contributed by atoms with van der Waals surface area (Å²) in [5, 5.41) is 5.50. The topological polar surface area (TPSA) is 44.4 Å². The molecule has 1 aromatic carbocycles. The maximum Gasteiger partial charge on any atom is 0.319 e. The molecule has 1 aliphatic carbocycles. The minimum atomic E-state index is -0.410. The highest BCUT2D eigenvalue weighted by atomic mass is 19.1. The Morgan fingerprint density at radius 1 is 1.12 bits per heavy atom. The first-order valence-corrected chi connectivity index (χ1v) is 9.26. The monoisotopic (exact) mass is 333 g/mol. The third-order valence-corrected chi connectivity index (χ3v) is 5.34. The average Bonchev–Trinajstić information content (AvgIpc) is 3.03. The molecule has 5 heteroatoms. The Balaban J connectivity index is 1.44. The zero-order chi connectivity index (χ0) is 16.8. The van der Waals surface area contributed by atoms with Gasteiger partial charge in [0.05, 0.1) is 5.69 Å². The number of nitrogens with zero attached hydrogens (tertiary/aromatic N) is 1. The summed E-state index contributed by atoms with van der Waals surface area (Å²) in [6, 6.07) is 6.32. The summed E-state index contributed by atoms with van der Waals surface area (Å²) in [4.78, 5) is 14.6. The largest absolute Gasteiger partial charge is 0.336 e. The third kappa shape index (κ3) is 4.69. The number of anilines is 1. The summed E-state index contributed by atoms with van der Waals surface area (Å²) < 4.78 is 13.6. The Morgan fingerprint density at radius 3 is 2.71 bits per heavy atom. The second kappa shape index (κ2) is 8.47. The molecule has 2 N–H and O–H groups in total.